The van der Waals surface area contributed by atoms with Gasteiger partial charge in [-0.1, -0.05) is 107 Å². The minimum Gasteiger partial charge on any atom is -0.350 e. The second kappa shape index (κ2) is 27.8. The van der Waals surface area contributed by atoms with E-state index in [0.717, 1.165) is 16.7 Å². The Bertz CT molecular complexity index is 2590. The van der Waals surface area contributed by atoms with Crippen LogP contribution in [0.2, 0.25) is 0 Å². The van der Waals surface area contributed by atoms with Gasteiger partial charge in [-0.15, -0.1) is 15.3 Å². The van der Waals surface area contributed by atoms with Gasteiger partial charge in [0.25, 0.3) is 0 Å². The lowest BCUT2D eigenvalue weighted by molar-refractivity contribution is -0.121. The summed E-state index contributed by atoms with van der Waals surface area (Å²) < 4.78 is 46.1. The average Bonchev–Trinajstić information content (AvgIpc) is 4.18. The summed E-state index contributed by atoms with van der Waals surface area (Å²) in [6.07, 6.45) is 3.37. The van der Waals surface area contributed by atoms with Gasteiger partial charge in [-0.05, 0) is 23.1 Å². The van der Waals surface area contributed by atoms with E-state index >= 15 is 0 Å². The third-order valence-electron chi connectivity index (χ3n) is 12.5. The molecule has 3 aromatic heterocycles. The highest BCUT2D eigenvalue weighted by atomic mass is 31.2. The van der Waals surface area contributed by atoms with E-state index in [1.807, 2.05) is 91.0 Å². The van der Waals surface area contributed by atoms with Gasteiger partial charge in [-0.2, -0.15) is 0 Å². The number of hydrogen-bond acceptors (Lipinski definition) is 15. The first kappa shape index (κ1) is 56.9. The van der Waals surface area contributed by atoms with Crippen molar-refractivity contribution in [2.24, 2.45) is 0 Å². The fraction of sp³-hybridized carbons (Fsp3) is 0.449. The molecule has 2 amide bonds. The molecule has 0 saturated carbocycles. The van der Waals surface area contributed by atoms with Gasteiger partial charge < -0.3 is 25.3 Å². The standard InChI is InChI=1S/C49H67N14O9P3/c64-47(17-16-44-35-61(55-52-44)32-41-10-4-1-5-11-41)18-27-73(67,68)38-58-21-23-59(39-74(69,70)28-19-48(65)50-30-45-36-62(56-53-45)33-42-12-6-2-7-13-42)25-26-60(24-22-58)40-75(71,72)29-20-49(66)51-31-46-37-63(57-54-46)34-43-14-8-3-9-15-43/h1-15,35-37H,16-34,38-40H2,(H,50,65)(H,51,66)(H,67,68)(H,69,70)(H,71,72). The fourth-order valence-corrected chi connectivity index (χ4v) is 13.2. The first-order valence-corrected chi connectivity index (χ1v) is 31.0. The molecular weight excluding hydrogens is 1020 g/mol. The third-order valence-corrected chi connectivity index (χ3v) is 17.8. The van der Waals surface area contributed by atoms with Gasteiger partial charge >= 0.3 is 0 Å². The average molecular weight is 1090 g/mol. The van der Waals surface area contributed by atoms with Crippen LogP contribution < -0.4 is 10.6 Å². The number of aryl methyl sites for hydroxylation is 1. The molecule has 26 heteroatoms. The van der Waals surface area contributed by atoms with Crippen molar-refractivity contribution in [3.05, 3.63) is 143 Å². The zero-order valence-electron chi connectivity index (χ0n) is 41.9. The number of hydrogen-bond donors (Lipinski definition) is 5. The van der Waals surface area contributed by atoms with Crippen molar-refractivity contribution in [1.29, 1.82) is 0 Å². The zero-order chi connectivity index (χ0) is 53.1. The van der Waals surface area contributed by atoms with E-state index in [-0.39, 0.29) is 121 Å². The summed E-state index contributed by atoms with van der Waals surface area (Å²) in [4.78, 5) is 77.6. The minimum atomic E-state index is -3.96. The summed E-state index contributed by atoms with van der Waals surface area (Å²) in [6.45, 7) is 2.99. The summed E-state index contributed by atoms with van der Waals surface area (Å²) in [7, 11) is -11.8. The molecule has 5 N–H and O–H groups in total. The Morgan fingerprint density at radius 3 is 1.13 bits per heavy atom. The number of nitrogens with one attached hydrogen (secondary N) is 2. The Morgan fingerprint density at radius 1 is 0.453 bits per heavy atom. The molecule has 1 fully saturated rings. The molecule has 7 rings (SSSR count). The molecule has 0 aliphatic carbocycles. The molecule has 23 nitrogen and oxygen atoms in total. The molecule has 3 atom stereocenters. The van der Waals surface area contributed by atoms with Crippen LogP contribution in [0.1, 0.15) is 59.5 Å². The number of nitrogens with zero attached hydrogens (tertiary/aromatic N) is 12. The number of rotatable bonds is 28. The number of Topliss-reactive ketones (excluding diaryl/α,β-unsaturated/α-hetero) is 1. The van der Waals surface area contributed by atoms with E-state index in [0.29, 0.717) is 43.1 Å². The Balaban J connectivity index is 0.906. The molecule has 0 radical (unpaired) electrons. The maximum atomic E-state index is 13.7. The number of carbonyl (C=O) groups excluding carboxylic acids is 3. The van der Waals surface area contributed by atoms with E-state index in [1.54, 1.807) is 47.3 Å². The summed E-state index contributed by atoms with van der Waals surface area (Å²) in [6, 6.07) is 29.2. The summed E-state index contributed by atoms with van der Waals surface area (Å²) in [5.41, 5.74) is 4.82. The van der Waals surface area contributed by atoms with Gasteiger partial charge in [0, 0.05) is 89.6 Å². The highest BCUT2D eigenvalue weighted by molar-refractivity contribution is 7.58. The van der Waals surface area contributed by atoms with Gasteiger partial charge in [-0.3, -0.25) is 42.8 Å². The van der Waals surface area contributed by atoms with Crippen LogP contribution in [0.15, 0.2) is 110 Å². The predicted molar refractivity (Wildman–Crippen MR) is 281 cm³/mol. The summed E-state index contributed by atoms with van der Waals surface area (Å²) >= 11 is 0. The van der Waals surface area contributed by atoms with Crippen molar-refractivity contribution in [3.63, 3.8) is 0 Å². The molecule has 4 heterocycles. The van der Waals surface area contributed by atoms with Gasteiger partial charge in [0.2, 0.25) is 33.9 Å². The van der Waals surface area contributed by atoms with Crippen molar-refractivity contribution in [3.8, 4) is 0 Å². The lowest BCUT2D eigenvalue weighted by atomic mass is 10.1. The summed E-state index contributed by atoms with van der Waals surface area (Å²) in [5.74, 6) is -1.07. The number of carbonyl (C=O) groups is 3. The topological polar surface area (TPSA) is 289 Å². The fourth-order valence-electron chi connectivity index (χ4n) is 8.39. The van der Waals surface area contributed by atoms with Crippen LogP contribution >= 0.6 is 22.1 Å². The molecule has 1 saturated heterocycles. The molecule has 1 aliphatic rings. The quantitative estimate of drug-likeness (QED) is 0.0439. The van der Waals surface area contributed by atoms with Crippen LogP contribution in [0, 0.1) is 0 Å². The minimum absolute atomic E-state index is 0.0857. The molecule has 1 aliphatic heterocycles. The smallest absolute Gasteiger partial charge is 0.220 e. The Hall–Kier alpha value is -5.86. The van der Waals surface area contributed by atoms with E-state index in [4.69, 9.17) is 0 Å². The summed E-state index contributed by atoms with van der Waals surface area (Å²) in [5, 5.41) is 30.3. The van der Waals surface area contributed by atoms with Crippen LogP contribution in [-0.4, -0.2) is 169 Å². The molecule has 0 bridgehead atoms. The van der Waals surface area contributed by atoms with Gasteiger partial charge in [0.15, 0.2) is 0 Å². The van der Waals surface area contributed by atoms with Crippen molar-refractivity contribution in [2.75, 3.05) is 76.6 Å². The zero-order valence-corrected chi connectivity index (χ0v) is 44.6. The Labute approximate surface area is 436 Å². The maximum absolute atomic E-state index is 13.7. The normalized spacial score (nSPS) is 16.4. The van der Waals surface area contributed by atoms with Crippen molar-refractivity contribution in [2.45, 2.75) is 64.8 Å². The van der Waals surface area contributed by atoms with Gasteiger partial charge in [0.1, 0.15) is 17.2 Å². The Morgan fingerprint density at radius 2 is 0.773 bits per heavy atom. The molecule has 3 unspecified atom stereocenters. The molecule has 0 spiro atoms. The number of benzene rings is 3. The molecule has 6 aromatic rings. The van der Waals surface area contributed by atoms with E-state index in [2.05, 4.69) is 41.6 Å². The SMILES string of the molecule is O=C(CCc1cn(Cc2ccccc2)nn1)CCP(=O)(O)CN1CCN(CP(=O)(O)CCC(=O)NCc2cn(Cc3ccccc3)nn2)CCN(CP(=O)(O)CCC(=O)NCc2cn(Cc3ccccc3)nn2)CC1. The molecule has 3 aromatic carbocycles. The third kappa shape index (κ3) is 20.7. The highest BCUT2D eigenvalue weighted by Gasteiger charge is 2.31. The van der Waals surface area contributed by atoms with Crippen LogP contribution in [-0.2, 0) is 67.2 Å². The van der Waals surface area contributed by atoms with Crippen molar-refractivity contribution < 1.29 is 42.8 Å². The maximum Gasteiger partial charge on any atom is 0.220 e. The second-order valence-electron chi connectivity index (χ2n) is 19.0. The van der Waals surface area contributed by atoms with Crippen LogP contribution in [0.4, 0.5) is 0 Å². The lowest BCUT2D eigenvalue weighted by Gasteiger charge is -2.28. The van der Waals surface area contributed by atoms with Gasteiger partial charge in [0.05, 0.1) is 69.7 Å². The number of aromatic nitrogens is 9. The molecular formula is C49H67N14O9P3. The van der Waals surface area contributed by atoms with E-state index in [1.165, 1.54) is 0 Å². The number of ketones is 1. The monoisotopic (exact) mass is 1090 g/mol. The van der Waals surface area contributed by atoms with Gasteiger partial charge in [-0.25, -0.2) is 14.0 Å². The van der Waals surface area contributed by atoms with Crippen LogP contribution in [0.3, 0.4) is 0 Å². The largest absolute Gasteiger partial charge is 0.350 e. The lowest BCUT2D eigenvalue weighted by Crippen LogP contribution is -2.37. The first-order valence-electron chi connectivity index (χ1n) is 24.9. The second-order valence-corrected chi connectivity index (χ2v) is 26.3. The molecule has 402 valence electrons. The number of amides is 2. The van der Waals surface area contributed by atoms with E-state index < -0.39 is 33.9 Å². The predicted octanol–water partition coefficient (Wildman–Crippen LogP) is 3.51. The van der Waals surface area contributed by atoms with Crippen LogP contribution in [0.25, 0.3) is 0 Å². The van der Waals surface area contributed by atoms with Crippen molar-refractivity contribution in [1.82, 2.24) is 70.3 Å². The first-order chi connectivity index (χ1) is 36.0. The highest BCUT2D eigenvalue weighted by Crippen LogP contribution is 2.44. The van der Waals surface area contributed by atoms with Crippen LogP contribution in [0.5, 0.6) is 0 Å². The van der Waals surface area contributed by atoms with E-state index in [9.17, 15) is 42.8 Å². The Kier molecular flexibility index (Phi) is 21.1. The molecule has 75 heavy (non-hydrogen) atoms. The van der Waals surface area contributed by atoms with Crippen molar-refractivity contribution >= 4 is 39.7 Å².